The molecule has 1 aliphatic heterocycles. The molecule has 5 heteroatoms. The maximum atomic E-state index is 11.6. The number of aliphatic hydroxyl groups is 1. The minimum absolute atomic E-state index is 0.0412. The van der Waals surface area contributed by atoms with Crippen LogP contribution in [-0.4, -0.2) is 41.0 Å². The lowest BCUT2D eigenvalue weighted by Crippen LogP contribution is -2.54. The van der Waals surface area contributed by atoms with Gasteiger partial charge in [-0.25, -0.2) is 4.79 Å². The zero-order chi connectivity index (χ0) is 12.4. The Kier molecular flexibility index (Phi) is 3.10. The molecule has 1 aromatic rings. The number of carbonyl (C=O) groups excluding carboxylic acids is 2. The van der Waals surface area contributed by atoms with E-state index in [0.717, 1.165) is 0 Å². The number of nitrogens with one attached hydrogen (secondary N) is 1. The first-order valence-corrected chi connectivity index (χ1v) is 5.41. The van der Waals surface area contributed by atoms with Crippen LogP contribution in [-0.2, 0) is 0 Å². The van der Waals surface area contributed by atoms with Gasteiger partial charge in [0.25, 0.3) is 0 Å². The van der Waals surface area contributed by atoms with Crippen LogP contribution in [0.4, 0.5) is 10.5 Å². The second kappa shape index (κ2) is 4.55. The Hall–Kier alpha value is -1.88. The summed E-state index contributed by atoms with van der Waals surface area (Å²) in [6.45, 7) is 2.20. The van der Waals surface area contributed by atoms with Gasteiger partial charge in [-0.05, 0) is 19.1 Å². The number of aliphatic hydroxyl groups excluding tert-OH is 1. The first-order chi connectivity index (χ1) is 8.06. The molecule has 1 fully saturated rings. The van der Waals surface area contributed by atoms with Crippen LogP contribution in [0, 0.1) is 0 Å². The molecular weight excluding hydrogens is 220 g/mol. The van der Waals surface area contributed by atoms with Gasteiger partial charge in [-0.15, -0.1) is 0 Å². The Bertz CT molecular complexity index is 453. The van der Waals surface area contributed by atoms with Crippen molar-refractivity contribution in [2.75, 3.05) is 18.4 Å². The third kappa shape index (κ3) is 2.62. The fourth-order valence-electron chi connectivity index (χ4n) is 1.64. The van der Waals surface area contributed by atoms with Crippen molar-refractivity contribution in [3.63, 3.8) is 0 Å². The van der Waals surface area contributed by atoms with Gasteiger partial charge in [-0.1, -0.05) is 12.1 Å². The predicted molar refractivity (Wildman–Crippen MR) is 63.0 cm³/mol. The first-order valence-electron chi connectivity index (χ1n) is 5.41. The second-order valence-electron chi connectivity index (χ2n) is 4.13. The van der Waals surface area contributed by atoms with Gasteiger partial charge >= 0.3 is 6.03 Å². The number of ketones is 1. The summed E-state index contributed by atoms with van der Waals surface area (Å²) in [4.78, 5) is 24.3. The van der Waals surface area contributed by atoms with Crippen molar-refractivity contribution in [3.05, 3.63) is 29.8 Å². The van der Waals surface area contributed by atoms with Crippen LogP contribution in [0.25, 0.3) is 0 Å². The Morgan fingerprint density at radius 2 is 2.12 bits per heavy atom. The van der Waals surface area contributed by atoms with E-state index >= 15 is 0 Å². The zero-order valence-electron chi connectivity index (χ0n) is 9.51. The molecule has 17 heavy (non-hydrogen) atoms. The molecule has 90 valence electrons. The van der Waals surface area contributed by atoms with E-state index in [2.05, 4.69) is 5.32 Å². The largest absolute Gasteiger partial charge is 0.389 e. The van der Waals surface area contributed by atoms with Crippen LogP contribution in [0.3, 0.4) is 0 Å². The monoisotopic (exact) mass is 234 g/mol. The Morgan fingerprint density at radius 3 is 2.71 bits per heavy atom. The van der Waals surface area contributed by atoms with Gasteiger partial charge in [0.05, 0.1) is 19.2 Å². The molecule has 0 bridgehead atoms. The number of carbonyl (C=O) groups is 2. The second-order valence-corrected chi connectivity index (χ2v) is 4.13. The highest BCUT2D eigenvalue weighted by atomic mass is 16.3. The molecule has 1 aliphatic rings. The predicted octanol–water partition coefficient (Wildman–Crippen LogP) is 1.10. The molecule has 1 saturated heterocycles. The summed E-state index contributed by atoms with van der Waals surface area (Å²) in [5, 5.41) is 11.8. The van der Waals surface area contributed by atoms with E-state index in [-0.39, 0.29) is 11.8 Å². The maximum Gasteiger partial charge on any atom is 0.322 e. The fourth-order valence-corrected chi connectivity index (χ4v) is 1.64. The van der Waals surface area contributed by atoms with Crippen LogP contribution >= 0.6 is 0 Å². The van der Waals surface area contributed by atoms with Crippen LogP contribution in [0.1, 0.15) is 17.3 Å². The van der Waals surface area contributed by atoms with Gasteiger partial charge in [0.15, 0.2) is 5.78 Å². The number of hydrogen-bond acceptors (Lipinski definition) is 3. The molecule has 1 aromatic carbocycles. The third-order valence-corrected chi connectivity index (χ3v) is 2.67. The van der Waals surface area contributed by atoms with Crippen LogP contribution < -0.4 is 5.32 Å². The number of urea groups is 1. The number of rotatable bonds is 2. The molecule has 1 heterocycles. The van der Waals surface area contributed by atoms with Crippen molar-refractivity contribution in [1.29, 1.82) is 0 Å². The molecule has 5 nitrogen and oxygen atoms in total. The summed E-state index contributed by atoms with van der Waals surface area (Å²) < 4.78 is 0. The van der Waals surface area contributed by atoms with E-state index in [4.69, 9.17) is 5.11 Å². The average molecular weight is 234 g/mol. The molecule has 0 saturated carbocycles. The number of anilines is 1. The highest BCUT2D eigenvalue weighted by Crippen LogP contribution is 2.14. The standard InChI is InChI=1S/C12H14N2O3/c1-8(15)9-3-2-4-10(5-9)13-12(17)14-6-11(16)7-14/h2-5,11,16H,6-7H2,1H3,(H,13,17). The quantitative estimate of drug-likeness (QED) is 0.753. The van der Waals surface area contributed by atoms with E-state index < -0.39 is 6.10 Å². The summed E-state index contributed by atoms with van der Waals surface area (Å²) >= 11 is 0. The van der Waals surface area contributed by atoms with Gasteiger partial charge in [-0.2, -0.15) is 0 Å². The van der Waals surface area contributed by atoms with Crippen molar-refractivity contribution < 1.29 is 14.7 Å². The zero-order valence-corrected chi connectivity index (χ0v) is 9.51. The molecule has 2 rings (SSSR count). The molecule has 0 spiro atoms. The smallest absolute Gasteiger partial charge is 0.322 e. The summed E-state index contributed by atoms with van der Waals surface area (Å²) in [5.74, 6) is -0.0412. The minimum atomic E-state index is -0.413. The number of benzene rings is 1. The molecular formula is C12H14N2O3. The van der Waals surface area contributed by atoms with E-state index in [0.29, 0.717) is 24.3 Å². The number of likely N-dealkylation sites (tertiary alicyclic amines) is 1. The lowest BCUT2D eigenvalue weighted by molar-refractivity contribution is 0.0309. The summed E-state index contributed by atoms with van der Waals surface area (Å²) in [7, 11) is 0. The number of Topliss-reactive ketones (excluding diaryl/α,β-unsaturated/α-hetero) is 1. The Labute approximate surface area is 99.0 Å². The van der Waals surface area contributed by atoms with Crippen molar-refractivity contribution in [3.8, 4) is 0 Å². The lowest BCUT2D eigenvalue weighted by atomic mass is 10.1. The Morgan fingerprint density at radius 1 is 1.41 bits per heavy atom. The normalized spacial score (nSPS) is 15.3. The van der Waals surface area contributed by atoms with Crippen molar-refractivity contribution >= 4 is 17.5 Å². The molecule has 0 atom stereocenters. The summed E-state index contributed by atoms with van der Waals surface area (Å²) in [5.41, 5.74) is 1.15. The van der Waals surface area contributed by atoms with E-state index in [9.17, 15) is 9.59 Å². The van der Waals surface area contributed by atoms with Gasteiger partial charge in [0.1, 0.15) is 0 Å². The van der Waals surface area contributed by atoms with Gasteiger partial charge in [0, 0.05) is 11.3 Å². The SMILES string of the molecule is CC(=O)c1cccc(NC(=O)N2CC(O)C2)c1. The van der Waals surface area contributed by atoms with Crippen molar-refractivity contribution in [1.82, 2.24) is 4.90 Å². The molecule has 0 aliphatic carbocycles. The number of β-amino-alcohol motifs (C(OH)–C–C–N with tert-alkyl or cyclic N) is 1. The highest BCUT2D eigenvalue weighted by molar-refractivity contribution is 5.96. The fraction of sp³-hybridized carbons (Fsp3) is 0.333. The summed E-state index contributed by atoms with van der Waals surface area (Å²) in [6.07, 6.45) is -0.413. The van der Waals surface area contributed by atoms with E-state index in [1.54, 1.807) is 24.3 Å². The van der Waals surface area contributed by atoms with Crippen molar-refractivity contribution in [2.24, 2.45) is 0 Å². The number of amides is 2. The average Bonchev–Trinajstić information content (AvgIpc) is 2.25. The van der Waals surface area contributed by atoms with Gasteiger partial charge in [-0.3, -0.25) is 4.79 Å². The lowest BCUT2D eigenvalue weighted by Gasteiger charge is -2.35. The van der Waals surface area contributed by atoms with Gasteiger partial charge in [0.2, 0.25) is 0 Å². The molecule has 0 unspecified atom stereocenters. The summed E-state index contributed by atoms with van der Waals surface area (Å²) in [6, 6.07) is 6.52. The van der Waals surface area contributed by atoms with Crippen LogP contribution in [0.15, 0.2) is 24.3 Å². The molecule has 2 amide bonds. The van der Waals surface area contributed by atoms with Crippen LogP contribution in [0.2, 0.25) is 0 Å². The van der Waals surface area contributed by atoms with Gasteiger partial charge < -0.3 is 15.3 Å². The van der Waals surface area contributed by atoms with E-state index in [1.165, 1.54) is 11.8 Å². The molecule has 0 aromatic heterocycles. The third-order valence-electron chi connectivity index (χ3n) is 2.67. The van der Waals surface area contributed by atoms with Crippen LogP contribution in [0.5, 0.6) is 0 Å². The minimum Gasteiger partial charge on any atom is -0.389 e. The molecule has 0 radical (unpaired) electrons. The number of nitrogens with zero attached hydrogens (tertiary/aromatic N) is 1. The highest BCUT2D eigenvalue weighted by Gasteiger charge is 2.28. The Balaban J connectivity index is 2.01. The molecule has 2 N–H and O–H groups in total. The van der Waals surface area contributed by atoms with E-state index in [1.807, 2.05) is 0 Å². The van der Waals surface area contributed by atoms with Crippen molar-refractivity contribution in [2.45, 2.75) is 13.0 Å². The maximum absolute atomic E-state index is 11.6. The topological polar surface area (TPSA) is 69.6 Å². The number of hydrogen-bond donors (Lipinski definition) is 2. The first kappa shape index (κ1) is 11.6.